The van der Waals surface area contributed by atoms with Gasteiger partial charge in [-0.05, 0) is 18.2 Å². The van der Waals surface area contributed by atoms with Crippen molar-refractivity contribution in [2.24, 2.45) is 5.73 Å². The number of benzene rings is 1. The Hall–Kier alpha value is -1.87. The molecule has 1 rings (SSSR count). The number of amides is 2. The highest BCUT2D eigenvalue weighted by atomic mass is 32.2. The van der Waals surface area contributed by atoms with Gasteiger partial charge in [0.05, 0.1) is 5.69 Å². The van der Waals surface area contributed by atoms with E-state index in [4.69, 9.17) is 11.5 Å². The number of nitrogens with two attached hydrogens (primary N) is 2. The molecule has 0 aliphatic heterocycles. The molecule has 1 aromatic carbocycles. The molecular weight excluding hydrogens is 263 g/mol. The third-order valence-electron chi connectivity index (χ3n) is 1.98. The summed E-state index contributed by atoms with van der Waals surface area (Å²) >= 11 is 0. The van der Waals surface area contributed by atoms with Crippen molar-refractivity contribution in [2.75, 3.05) is 18.8 Å². The molecule has 1 aromatic rings. The van der Waals surface area contributed by atoms with E-state index in [0.29, 0.717) is 0 Å². The molecule has 0 saturated carbocycles. The second-order valence-corrected chi connectivity index (χ2v) is 5.11. The van der Waals surface area contributed by atoms with Gasteiger partial charge in [0.1, 0.15) is 10.7 Å². The largest absolute Gasteiger partial charge is 0.398 e. The van der Waals surface area contributed by atoms with Crippen LogP contribution in [0, 0.1) is 5.82 Å². The highest BCUT2D eigenvalue weighted by molar-refractivity contribution is 7.89. The Morgan fingerprint density at radius 2 is 2.00 bits per heavy atom. The van der Waals surface area contributed by atoms with Gasteiger partial charge in [0, 0.05) is 13.1 Å². The zero-order valence-electron chi connectivity index (χ0n) is 9.31. The highest BCUT2D eigenvalue weighted by Crippen LogP contribution is 2.18. The van der Waals surface area contributed by atoms with E-state index in [0.717, 1.165) is 18.2 Å². The van der Waals surface area contributed by atoms with Crippen molar-refractivity contribution in [3.63, 3.8) is 0 Å². The molecule has 0 unspecified atom stereocenters. The molecule has 0 atom stereocenters. The molecule has 0 saturated heterocycles. The van der Waals surface area contributed by atoms with E-state index >= 15 is 0 Å². The molecule has 0 aliphatic carbocycles. The van der Waals surface area contributed by atoms with E-state index in [-0.39, 0.29) is 23.7 Å². The maximum atomic E-state index is 13.0. The summed E-state index contributed by atoms with van der Waals surface area (Å²) in [5, 5.41) is 2.20. The first-order chi connectivity index (χ1) is 8.33. The predicted molar refractivity (Wildman–Crippen MR) is 63.6 cm³/mol. The van der Waals surface area contributed by atoms with Crippen molar-refractivity contribution in [3.05, 3.63) is 24.0 Å². The molecule has 0 spiro atoms. The number of urea groups is 1. The minimum absolute atomic E-state index is 0.0176. The first-order valence-corrected chi connectivity index (χ1v) is 6.39. The maximum Gasteiger partial charge on any atom is 0.312 e. The first kappa shape index (κ1) is 14.2. The molecule has 0 radical (unpaired) electrons. The molecule has 0 bridgehead atoms. The normalized spacial score (nSPS) is 11.2. The Morgan fingerprint density at radius 1 is 1.33 bits per heavy atom. The molecule has 6 N–H and O–H groups in total. The van der Waals surface area contributed by atoms with Gasteiger partial charge in [0.15, 0.2) is 0 Å². The zero-order valence-corrected chi connectivity index (χ0v) is 10.1. The van der Waals surface area contributed by atoms with Crippen LogP contribution in [0.4, 0.5) is 14.9 Å². The summed E-state index contributed by atoms with van der Waals surface area (Å²) in [6, 6.07) is 2.27. The van der Waals surface area contributed by atoms with Crippen LogP contribution in [0.1, 0.15) is 0 Å². The average molecular weight is 276 g/mol. The van der Waals surface area contributed by atoms with Crippen LogP contribution < -0.4 is 21.5 Å². The smallest absolute Gasteiger partial charge is 0.312 e. The summed E-state index contributed by atoms with van der Waals surface area (Å²) in [4.78, 5) is 10.0. The van der Waals surface area contributed by atoms with Gasteiger partial charge in [-0.1, -0.05) is 0 Å². The summed E-state index contributed by atoms with van der Waals surface area (Å²) < 4.78 is 38.6. The quantitative estimate of drug-likeness (QED) is 0.421. The van der Waals surface area contributed by atoms with Crippen molar-refractivity contribution in [1.82, 2.24) is 10.0 Å². The SMILES string of the molecule is NC(=O)NCCNS(=O)(=O)c1cc(F)ccc1N. The summed E-state index contributed by atoms with van der Waals surface area (Å²) in [6.07, 6.45) is 0. The number of anilines is 1. The molecule has 100 valence electrons. The lowest BCUT2D eigenvalue weighted by Crippen LogP contribution is -2.37. The number of rotatable bonds is 5. The molecule has 7 nitrogen and oxygen atoms in total. The van der Waals surface area contributed by atoms with Gasteiger partial charge in [0.2, 0.25) is 10.0 Å². The second kappa shape index (κ2) is 5.65. The van der Waals surface area contributed by atoms with Crippen LogP contribution in [0.5, 0.6) is 0 Å². The lowest BCUT2D eigenvalue weighted by molar-refractivity contribution is 0.249. The van der Waals surface area contributed by atoms with Gasteiger partial charge in [0.25, 0.3) is 0 Å². The van der Waals surface area contributed by atoms with Crippen LogP contribution in [0.25, 0.3) is 0 Å². The highest BCUT2D eigenvalue weighted by Gasteiger charge is 2.17. The van der Waals surface area contributed by atoms with Gasteiger partial charge in [-0.15, -0.1) is 0 Å². The van der Waals surface area contributed by atoms with Gasteiger partial charge in [-0.3, -0.25) is 0 Å². The van der Waals surface area contributed by atoms with Crippen molar-refractivity contribution in [1.29, 1.82) is 0 Å². The first-order valence-electron chi connectivity index (χ1n) is 4.91. The Kier molecular flexibility index (Phi) is 4.45. The van der Waals surface area contributed by atoms with E-state index in [1.165, 1.54) is 0 Å². The van der Waals surface area contributed by atoms with Crippen LogP contribution in [0.15, 0.2) is 23.1 Å². The van der Waals surface area contributed by atoms with Gasteiger partial charge in [-0.25, -0.2) is 22.3 Å². The molecule has 0 aliphatic rings. The number of sulfonamides is 1. The van der Waals surface area contributed by atoms with Crippen LogP contribution >= 0.6 is 0 Å². The molecule has 0 fully saturated rings. The zero-order chi connectivity index (χ0) is 13.8. The van der Waals surface area contributed by atoms with E-state index < -0.39 is 21.9 Å². The van der Waals surface area contributed by atoms with Crippen LogP contribution in [0.2, 0.25) is 0 Å². The van der Waals surface area contributed by atoms with Gasteiger partial charge < -0.3 is 16.8 Å². The number of carbonyl (C=O) groups excluding carboxylic acids is 1. The van der Waals surface area contributed by atoms with Crippen LogP contribution in [-0.4, -0.2) is 27.5 Å². The van der Waals surface area contributed by atoms with Crippen molar-refractivity contribution < 1.29 is 17.6 Å². The fourth-order valence-electron chi connectivity index (χ4n) is 1.19. The van der Waals surface area contributed by atoms with E-state index in [2.05, 4.69) is 10.0 Å². The maximum absolute atomic E-state index is 13.0. The number of hydrogen-bond acceptors (Lipinski definition) is 4. The minimum atomic E-state index is -3.92. The monoisotopic (exact) mass is 276 g/mol. The standard InChI is InChI=1S/C9H13FN4O3S/c10-6-1-2-7(11)8(5-6)18(16,17)14-4-3-13-9(12)15/h1-2,5,14H,3-4,11H2,(H3,12,13,15). The van der Waals surface area contributed by atoms with Crippen molar-refractivity contribution >= 4 is 21.7 Å². The Bertz CT molecular complexity index is 547. The van der Waals surface area contributed by atoms with Crippen LogP contribution in [0.3, 0.4) is 0 Å². The van der Waals surface area contributed by atoms with Gasteiger partial charge in [-0.2, -0.15) is 0 Å². The average Bonchev–Trinajstić information content (AvgIpc) is 2.27. The Labute approximate surface area is 103 Å². The fourth-order valence-corrected chi connectivity index (χ4v) is 2.36. The summed E-state index contributed by atoms with van der Waals surface area (Å²) in [5.41, 5.74) is 10.2. The van der Waals surface area contributed by atoms with Gasteiger partial charge >= 0.3 is 6.03 Å². The molecule has 0 aromatic heterocycles. The van der Waals surface area contributed by atoms with E-state index in [1.54, 1.807) is 0 Å². The van der Waals surface area contributed by atoms with E-state index in [1.807, 2.05) is 0 Å². The number of hydrogen-bond donors (Lipinski definition) is 4. The molecule has 9 heteroatoms. The van der Waals surface area contributed by atoms with Crippen molar-refractivity contribution in [3.8, 4) is 0 Å². The fraction of sp³-hybridized carbons (Fsp3) is 0.222. The van der Waals surface area contributed by atoms with E-state index in [9.17, 15) is 17.6 Å². The molecule has 18 heavy (non-hydrogen) atoms. The molecule has 2 amide bonds. The Morgan fingerprint density at radius 3 is 2.61 bits per heavy atom. The topological polar surface area (TPSA) is 127 Å². The number of nitrogens with one attached hydrogen (secondary N) is 2. The summed E-state index contributed by atoms with van der Waals surface area (Å²) in [5.74, 6) is -0.708. The molecular formula is C9H13FN4O3S. The lowest BCUT2D eigenvalue weighted by Gasteiger charge is -2.09. The third kappa shape index (κ3) is 3.86. The summed E-state index contributed by atoms with van der Waals surface area (Å²) in [7, 11) is -3.92. The Balaban J connectivity index is 2.74. The minimum Gasteiger partial charge on any atom is -0.398 e. The van der Waals surface area contributed by atoms with Crippen LogP contribution in [-0.2, 0) is 10.0 Å². The number of carbonyl (C=O) groups is 1. The number of primary amides is 1. The lowest BCUT2D eigenvalue weighted by atomic mass is 10.3. The second-order valence-electron chi connectivity index (χ2n) is 3.37. The number of halogens is 1. The predicted octanol–water partition coefficient (Wildman–Crippen LogP) is -0.645. The number of nitrogen functional groups attached to an aromatic ring is 1. The van der Waals surface area contributed by atoms with Crippen molar-refractivity contribution in [2.45, 2.75) is 4.90 Å². The summed E-state index contributed by atoms with van der Waals surface area (Å²) in [6.45, 7) is -0.0645. The molecule has 0 heterocycles. The third-order valence-corrected chi connectivity index (χ3v) is 3.50.